The Morgan fingerprint density at radius 3 is 1.14 bits per heavy atom. The second kappa shape index (κ2) is 8.68. The SMILES string of the molecule is c1ccc2c(c1)-c1cccc3nc(-c4ccc5c6c4ccc4ccc7c(-c8cc9c%10c(cccc%10n8)-c8ccccc8-9)ccc-5c7c46)cc-2c13. The summed E-state index contributed by atoms with van der Waals surface area (Å²) in [6.07, 6.45) is 0. The Labute approximate surface area is 286 Å². The number of nitrogens with zero attached hydrogens (tertiary/aromatic N) is 2. The number of pyridine rings is 2. The number of hydrogen-bond donors (Lipinski definition) is 0. The predicted octanol–water partition coefficient (Wildman–Crippen LogP) is 12.9. The maximum Gasteiger partial charge on any atom is 0.0722 e. The summed E-state index contributed by atoms with van der Waals surface area (Å²) < 4.78 is 0. The van der Waals surface area contributed by atoms with Gasteiger partial charge in [0, 0.05) is 21.9 Å². The van der Waals surface area contributed by atoms with Gasteiger partial charge in [-0.1, -0.05) is 121 Å². The molecule has 2 aromatic heterocycles. The summed E-state index contributed by atoms with van der Waals surface area (Å²) in [5, 5.41) is 10.3. The molecule has 0 bridgehead atoms. The van der Waals surface area contributed by atoms with Crippen molar-refractivity contribution in [2.75, 3.05) is 0 Å². The molecule has 0 unspecified atom stereocenters. The van der Waals surface area contributed by atoms with Crippen LogP contribution >= 0.6 is 0 Å². The highest BCUT2D eigenvalue weighted by Gasteiger charge is 2.28. The number of benzene rings is 8. The van der Waals surface area contributed by atoms with Gasteiger partial charge in [0.2, 0.25) is 0 Å². The molecule has 0 radical (unpaired) electrons. The average Bonchev–Trinajstić information content (AvgIpc) is 3.81. The zero-order valence-corrected chi connectivity index (χ0v) is 26.8. The molecule has 2 heterocycles. The highest BCUT2D eigenvalue weighted by Crippen LogP contribution is 2.54. The summed E-state index contributed by atoms with van der Waals surface area (Å²) in [5.74, 6) is 0. The highest BCUT2D eigenvalue weighted by molar-refractivity contribution is 6.35. The molecule has 0 saturated carbocycles. The van der Waals surface area contributed by atoms with E-state index in [1.807, 2.05) is 0 Å². The van der Waals surface area contributed by atoms with E-state index in [4.69, 9.17) is 9.97 Å². The van der Waals surface area contributed by atoms with Crippen molar-refractivity contribution in [3.05, 3.63) is 146 Å². The van der Waals surface area contributed by atoms with Crippen LogP contribution in [0.2, 0.25) is 0 Å². The molecule has 2 nitrogen and oxygen atoms in total. The molecule has 10 aromatic rings. The van der Waals surface area contributed by atoms with E-state index in [-0.39, 0.29) is 0 Å². The van der Waals surface area contributed by atoms with Gasteiger partial charge in [-0.05, 0) is 112 Å². The van der Waals surface area contributed by atoms with Crippen molar-refractivity contribution >= 4 is 54.1 Å². The monoisotopic (exact) mass is 628 g/mol. The van der Waals surface area contributed by atoms with Crippen molar-refractivity contribution in [2.24, 2.45) is 0 Å². The summed E-state index contributed by atoms with van der Waals surface area (Å²) in [6.45, 7) is 0. The maximum atomic E-state index is 5.32. The second-order valence-corrected chi connectivity index (χ2v) is 14.0. The number of aromatic nitrogens is 2. The lowest BCUT2D eigenvalue weighted by atomic mass is 9.94. The first-order valence-electron chi connectivity index (χ1n) is 17.3. The molecule has 226 valence electrons. The number of rotatable bonds is 2. The van der Waals surface area contributed by atoms with Crippen molar-refractivity contribution in [2.45, 2.75) is 0 Å². The molecule has 0 N–H and O–H groups in total. The van der Waals surface area contributed by atoms with E-state index >= 15 is 0 Å². The van der Waals surface area contributed by atoms with Crippen LogP contribution in [0.1, 0.15) is 0 Å². The van der Waals surface area contributed by atoms with Crippen LogP contribution in [-0.2, 0) is 0 Å². The molecule has 3 aliphatic rings. The fourth-order valence-corrected chi connectivity index (χ4v) is 9.63. The summed E-state index contributed by atoms with van der Waals surface area (Å²) in [4.78, 5) is 10.6. The first-order chi connectivity index (χ1) is 24.8. The van der Waals surface area contributed by atoms with Gasteiger partial charge < -0.3 is 0 Å². The number of hydrogen-bond acceptors (Lipinski definition) is 2. The summed E-state index contributed by atoms with van der Waals surface area (Å²) in [7, 11) is 0. The van der Waals surface area contributed by atoms with Gasteiger partial charge in [0.25, 0.3) is 0 Å². The molecule has 13 rings (SSSR count). The fourth-order valence-electron chi connectivity index (χ4n) is 9.63. The van der Waals surface area contributed by atoms with Gasteiger partial charge in [0.15, 0.2) is 0 Å². The largest absolute Gasteiger partial charge is 0.248 e. The molecule has 3 aliphatic carbocycles. The van der Waals surface area contributed by atoms with Gasteiger partial charge in [0.1, 0.15) is 0 Å². The van der Waals surface area contributed by atoms with E-state index in [1.54, 1.807) is 0 Å². The van der Waals surface area contributed by atoms with E-state index in [2.05, 4.69) is 146 Å². The van der Waals surface area contributed by atoms with Gasteiger partial charge in [-0.2, -0.15) is 0 Å². The standard InChI is InChI=1S/C48H24N2/c1-3-9-28-26(7-1)32-11-5-13-40-45(32)38(28)23-42(49-40)30-19-21-36-37-22-20-31(35-18-16-25-15-17-34(30)47(36)44(25)48(35)37)43-24-39-29-10-4-2-8-27(29)33-12-6-14-41(50-43)46(33)39/h1-24H. The van der Waals surface area contributed by atoms with Crippen LogP contribution in [-0.4, -0.2) is 9.97 Å². The van der Waals surface area contributed by atoms with E-state index in [0.29, 0.717) is 0 Å². The molecular weight excluding hydrogens is 605 g/mol. The van der Waals surface area contributed by atoms with Crippen LogP contribution in [0.3, 0.4) is 0 Å². The van der Waals surface area contributed by atoms with Crippen molar-refractivity contribution in [1.82, 2.24) is 9.97 Å². The lowest BCUT2D eigenvalue weighted by Gasteiger charge is -2.12. The quantitative estimate of drug-likeness (QED) is 0.178. The van der Waals surface area contributed by atoms with Crippen LogP contribution in [0.15, 0.2) is 146 Å². The second-order valence-electron chi connectivity index (χ2n) is 14.0. The van der Waals surface area contributed by atoms with Crippen molar-refractivity contribution < 1.29 is 0 Å². The van der Waals surface area contributed by atoms with E-state index in [9.17, 15) is 0 Å². The Balaban J connectivity index is 1.06. The minimum Gasteiger partial charge on any atom is -0.248 e. The summed E-state index contributed by atoms with van der Waals surface area (Å²) in [6, 6.07) is 53.7. The van der Waals surface area contributed by atoms with Crippen LogP contribution in [0.4, 0.5) is 0 Å². The van der Waals surface area contributed by atoms with Gasteiger partial charge in [0.05, 0.1) is 22.4 Å². The fraction of sp³-hybridized carbons (Fsp3) is 0. The molecule has 0 amide bonds. The molecule has 50 heavy (non-hydrogen) atoms. The Hall–Kier alpha value is -6.64. The molecule has 0 aliphatic heterocycles. The third kappa shape index (κ3) is 2.94. The highest BCUT2D eigenvalue weighted by atomic mass is 14.7. The Kier molecular flexibility index (Phi) is 4.41. The third-order valence-electron chi connectivity index (χ3n) is 11.7. The van der Waals surface area contributed by atoms with Gasteiger partial charge in [-0.15, -0.1) is 0 Å². The molecule has 0 saturated heterocycles. The first-order valence-corrected chi connectivity index (χ1v) is 17.3. The Bertz CT molecular complexity index is 3040. The lowest BCUT2D eigenvalue weighted by molar-refractivity contribution is 1.41. The van der Waals surface area contributed by atoms with Gasteiger partial charge in [-0.25, -0.2) is 9.97 Å². The predicted molar refractivity (Wildman–Crippen MR) is 208 cm³/mol. The van der Waals surface area contributed by atoms with Gasteiger partial charge >= 0.3 is 0 Å². The Morgan fingerprint density at radius 1 is 0.260 bits per heavy atom. The molecule has 2 heteroatoms. The van der Waals surface area contributed by atoms with Crippen molar-refractivity contribution in [3.63, 3.8) is 0 Å². The van der Waals surface area contributed by atoms with Crippen LogP contribution in [0.5, 0.6) is 0 Å². The van der Waals surface area contributed by atoms with Crippen LogP contribution < -0.4 is 0 Å². The molecule has 0 fully saturated rings. The molecule has 0 spiro atoms. The van der Waals surface area contributed by atoms with Crippen molar-refractivity contribution in [1.29, 1.82) is 0 Å². The summed E-state index contributed by atoms with van der Waals surface area (Å²) >= 11 is 0. The number of fused-ring (bicyclic) bond motifs is 7. The molecule has 0 atom stereocenters. The minimum absolute atomic E-state index is 1.02. The van der Waals surface area contributed by atoms with E-state index in [0.717, 1.165) is 22.4 Å². The smallest absolute Gasteiger partial charge is 0.0722 e. The molecule has 8 aromatic carbocycles. The molecular formula is C48H24N2. The zero-order chi connectivity index (χ0) is 32.2. The lowest BCUT2D eigenvalue weighted by Crippen LogP contribution is -1.89. The van der Waals surface area contributed by atoms with Crippen LogP contribution in [0, 0.1) is 0 Å². The zero-order valence-electron chi connectivity index (χ0n) is 26.8. The third-order valence-corrected chi connectivity index (χ3v) is 11.7. The minimum atomic E-state index is 1.02. The Morgan fingerprint density at radius 2 is 0.660 bits per heavy atom. The normalized spacial score (nSPS) is 12.8. The van der Waals surface area contributed by atoms with Crippen molar-refractivity contribution in [3.8, 4) is 78.1 Å². The van der Waals surface area contributed by atoms with Gasteiger partial charge in [-0.3, -0.25) is 0 Å². The first kappa shape index (κ1) is 25.4. The maximum absolute atomic E-state index is 5.32. The average molecular weight is 629 g/mol. The van der Waals surface area contributed by atoms with Crippen LogP contribution in [0.25, 0.3) is 132 Å². The summed E-state index contributed by atoms with van der Waals surface area (Å²) in [5.41, 5.74) is 19.4. The van der Waals surface area contributed by atoms with E-state index in [1.165, 1.54) is 110 Å². The topological polar surface area (TPSA) is 25.8 Å². The van der Waals surface area contributed by atoms with E-state index < -0.39 is 0 Å².